The third-order valence-corrected chi connectivity index (χ3v) is 5.84. The number of thioether (sulfide) groups is 1. The minimum atomic E-state index is 0.0104. The molecule has 25 heavy (non-hydrogen) atoms. The lowest BCUT2D eigenvalue weighted by atomic mass is 9.78. The van der Waals surface area contributed by atoms with Crippen molar-refractivity contribution in [2.75, 3.05) is 5.75 Å². The molecule has 0 aliphatic heterocycles. The van der Waals surface area contributed by atoms with Crippen LogP contribution in [0.1, 0.15) is 33.1 Å². The Morgan fingerprint density at radius 2 is 2.08 bits per heavy atom. The monoisotopic (exact) mass is 361 g/mol. The first kappa shape index (κ1) is 17.7. The molecule has 1 fully saturated rings. The Bertz CT molecular complexity index is 718. The fourth-order valence-corrected chi connectivity index (χ4v) is 3.89. The summed E-state index contributed by atoms with van der Waals surface area (Å²) in [6.45, 7) is 4.47. The van der Waals surface area contributed by atoms with Gasteiger partial charge in [0.15, 0.2) is 0 Å². The summed E-state index contributed by atoms with van der Waals surface area (Å²) in [6.07, 6.45) is 3.46. The highest BCUT2D eigenvalue weighted by Crippen LogP contribution is 2.29. The largest absolute Gasteiger partial charge is 0.508 e. The smallest absolute Gasteiger partial charge is 0.230 e. The third kappa shape index (κ3) is 4.31. The van der Waals surface area contributed by atoms with E-state index in [1.165, 1.54) is 24.6 Å². The van der Waals surface area contributed by atoms with E-state index in [-0.39, 0.29) is 23.5 Å². The van der Waals surface area contributed by atoms with Crippen molar-refractivity contribution in [2.45, 2.75) is 44.3 Å². The van der Waals surface area contributed by atoms with Crippen LogP contribution in [0, 0.1) is 11.8 Å². The minimum Gasteiger partial charge on any atom is -0.508 e. The molecule has 1 amide bonds. The average molecular weight is 361 g/mol. The van der Waals surface area contributed by atoms with Gasteiger partial charge in [-0.25, -0.2) is 0 Å². The molecule has 134 valence electrons. The predicted octanol–water partition coefficient (Wildman–Crippen LogP) is 2.40. The van der Waals surface area contributed by atoms with Crippen LogP contribution in [-0.4, -0.2) is 43.0 Å². The molecule has 8 heteroatoms. The Morgan fingerprint density at radius 1 is 1.32 bits per heavy atom. The van der Waals surface area contributed by atoms with E-state index < -0.39 is 0 Å². The maximum absolute atomic E-state index is 12.3. The fraction of sp³-hybridized carbons (Fsp3) is 0.529. The zero-order valence-electron chi connectivity index (χ0n) is 14.4. The van der Waals surface area contributed by atoms with Gasteiger partial charge < -0.3 is 10.4 Å². The van der Waals surface area contributed by atoms with Gasteiger partial charge in [-0.15, -0.1) is 5.10 Å². The standard InChI is InChI=1S/C17H23N5O2S/c1-11-4-3-5-15(12(11)2)18-16(24)10-25-17-19-20-21-22(17)13-6-8-14(23)9-7-13/h6-9,11-12,15,23H,3-5,10H2,1-2H3,(H,18,24)/t11-,12+,15+/m0/s1. The van der Waals surface area contributed by atoms with Gasteiger partial charge in [0.25, 0.3) is 0 Å². The summed E-state index contributed by atoms with van der Waals surface area (Å²) in [6, 6.07) is 6.85. The summed E-state index contributed by atoms with van der Waals surface area (Å²) >= 11 is 1.30. The number of nitrogens with one attached hydrogen (secondary N) is 1. The van der Waals surface area contributed by atoms with Crippen molar-refractivity contribution in [1.82, 2.24) is 25.5 Å². The summed E-state index contributed by atoms with van der Waals surface area (Å²) in [7, 11) is 0. The van der Waals surface area contributed by atoms with E-state index in [2.05, 4.69) is 34.7 Å². The Labute approximate surface area is 151 Å². The van der Waals surface area contributed by atoms with Crippen LogP contribution in [0.5, 0.6) is 5.75 Å². The number of phenolic OH excluding ortho intramolecular Hbond substituents is 1. The molecule has 3 rings (SSSR count). The SMILES string of the molecule is C[C@@H]1[C@@H](C)CCC[C@H]1NC(=O)CSc1nnnn1-c1ccc(O)cc1. The van der Waals surface area contributed by atoms with Crippen LogP contribution >= 0.6 is 11.8 Å². The topological polar surface area (TPSA) is 92.9 Å². The molecule has 1 aliphatic rings. The van der Waals surface area contributed by atoms with Crippen LogP contribution in [0.2, 0.25) is 0 Å². The summed E-state index contributed by atoms with van der Waals surface area (Å²) in [5, 5.41) is 24.7. The lowest BCUT2D eigenvalue weighted by Crippen LogP contribution is -2.44. The maximum atomic E-state index is 12.3. The molecule has 0 bridgehead atoms. The third-order valence-electron chi connectivity index (χ3n) is 4.92. The maximum Gasteiger partial charge on any atom is 0.230 e. The van der Waals surface area contributed by atoms with Gasteiger partial charge in [0.2, 0.25) is 11.1 Å². The Kier molecular flexibility index (Phi) is 5.57. The van der Waals surface area contributed by atoms with Crippen LogP contribution in [0.3, 0.4) is 0 Å². The summed E-state index contributed by atoms with van der Waals surface area (Å²) in [4.78, 5) is 12.3. The quantitative estimate of drug-likeness (QED) is 0.795. The predicted molar refractivity (Wildman–Crippen MR) is 95.7 cm³/mol. The van der Waals surface area contributed by atoms with Gasteiger partial charge >= 0.3 is 0 Å². The molecule has 1 saturated carbocycles. The molecule has 1 heterocycles. The molecule has 0 saturated heterocycles. The zero-order valence-corrected chi connectivity index (χ0v) is 15.2. The van der Waals surface area contributed by atoms with Crippen LogP contribution in [0.4, 0.5) is 0 Å². The average Bonchev–Trinajstić information content (AvgIpc) is 3.06. The van der Waals surface area contributed by atoms with Gasteiger partial charge in [0, 0.05) is 6.04 Å². The molecule has 2 N–H and O–H groups in total. The van der Waals surface area contributed by atoms with Gasteiger partial charge in [-0.3, -0.25) is 4.79 Å². The number of nitrogens with zero attached hydrogens (tertiary/aromatic N) is 4. The number of aromatic hydroxyl groups is 1. The highest BCUT2D eigenvalue weighted by atomic mass is 32.2. The zero-order chi connectivity index (χ0) is 17.8. The van der Waals surface area contributed by atoms with E-state index in [9.17, 15) is 9.90 Å². The Balaban J connectivity index is 1.58. The van der Waals surface area contributed by atoms with Crippen LogP contribution < -0.4 is 5.32 Å². The van der Waals surface area contributed by atoms with Crippen molar-refractivity contribution in [3.05, 3.63) is 24.3 Å². The normalized spacial score (nSPS) is 23.4. The molecule has 0 spiro atoms. The second-order valence-electron chi connectivity index (χ2n) is 6.62. The van der Waals surface area contributed by atoms with Crippen molar-refractivity contribution in [3.8, 4) is 11.4 Å². The second-order valence-corrected chi connectivity index (χ2v) is 7.56. The molecule has 0 radical (unpaired) electrons. The number of benzene rings is 1. The Morgan fingerprint density at radius 3 is 2.84 bits per heavy atom. The molecule has 7 nitrogen and oxygen atoms in total. The summed E-state index contributed by atoms with van der Waals surface area (Å²) < 4.78 is 1.56. The number of aromatic nitrogens is 4. The fourth-order valence-electron chi connectivity index (χ4n) is 3.19. The van der Waals surface area contributed by atoms with Gasteiger partial charge in [-0.1, -0.05) is 38.5 Å². The lowest BCUT2D eigenvalue weighted by Gasteiger charge is -2.34. The number of carbonyl (C=O) groups is 1. The van der Waals surface area contributed by atoms with E-state index in [1.807, 2.05) is 0 Å². The van der Waals surface area contributed by atoms with Crippen LogP contribution in [0.15, 0.2) is 29.4 Å². The van der Waals surface area contributed by atoms with Gasteiger partial charge in [-0.2, -0.15) is 4.68 Å². The minimum absolute atomic E-state index is 0.0104. The summed E-state index contributed by atoms with van der Waals surface area (Å²) in [5.41, 5.74) is 0.737. The number of rotatable bonds is 5. The van der Waals surface area contributed by atoms with Crippen molar-refractivity contribution in [3.63, 3.8) is 0 Å². The number of amides is 1. The summed E-state index contributed by atoms with van der Waals surface area (Å²) in [5.74, 6) is 1.62. The van der Waals surface area contributed by atoms with Gasteiger partial charge in [0.05, 0.1) is 11.4 Å². The van der Waals surface area contributed by atoms with Crippen molar-refractivity contribution >= 4 is 17.7 Å². The van der Waals surface area contributed by atoms with Gasteiger partial charge in [-0.05, 0) is 52.9 Å². The van der Waals surface area contributed by atoms with E-state index in [0.717, 1.165) is 12.1 Å². The molecule has 0 unspecified atom stereocenters. The first-order valence-electron chi connectivity index (χ1n) is 8.54. The molecule has 1 aliphatic carbocycles. The van der Waals surface area contributed by atoms with Gasteiger partial charge in [0.1, 0.15) is 5.75 Å². The van der Waals surface area contributed by atoms with Crippen molar-refractivity contribution in [2.24, 2.45) is 11.8 Å². The number of hydrogen-bond acceptors (Lipinski definition) is 6. The van der Waals surface area contributed by atoms with E-state index >= 15 is 0 Å². The highest BCUT2D eigenvalue weighted by Gasteiger charge is 2.28. The molecule has 1 aromatic carbocycles. The first-order valence-corrected chi connectivity index (χ1v) is 9.53. The van der Waals surface area contributed by atoms with E-state index in [1.54, 1.807) is 28.9 Å². The highest BCUT2D eigenvalue weighted by molar-refractivity contribution is 7.99. The molecular weight excluding hydrogens is 338 g/mol. The van der Waals surface area contributed by atoms with E-state index in [0.29, 0.717) is 17.0 Å². The Hall–Kier alpha value is -2.09. The lowest BCUT2D eigenvalue weighted by molar-refractivity contribution is -0.120. The number of carbonyl (C=O) groups excluding carboxylic acids is 1. The number of tetrazole rings is 1. The molecule has 1 aromatic heterocycles. The van der Waals surface area contributed by atoms with E-state index in [4.69, 9.17) is 0 Å². The van der Waals surface area contributed by atoms with Crippen molar-refractivity contribution in [1.29, 1.82) is 0 Å². The second kappa shape index (κ2) is 7.86. The van der Waals surface area contributed by atoms with Crippen molar-refractivity contribution < 1.29 is 9.90 Å². The number of hydrogen-bond donors (Lipinski definition) is 2. The molecular formula is C17H23N5O2S. The van der Waals surface area contributed by atoms with Crippen LogP contribution in [0.25, 0.3) is 5.69 Å². The first-order chi connectivity index (χ1) is 12.0. The number of phenols is 1. The van der Waals surface area contributed by atoms with Crippen LogP contribution in [-0.2, 0) is 4.79 Å². The molecule has 3 atom stereocenters. The molecule has 2 aromatic rings.